The summed E-state index contributed by atoms with van der Waals surface area (Å²) in [6.07, 6.45) is -4.51. The van der Waals surface area contributed by atoms with Crippen LogP contribution in [0.5, 0.6) is 5.75 Å². The Morgan fingerprint density at radius 2 is 1.92 bits per heavy atom. The minimum absolute atomic E-state index is 0.0281. The summed E-state index contributed by atoms with van der Waals surface area (Å²) < 4.78 is 49.1. The molecule has 0 aliphatic heterocycles. The Morgan fingerprint density at radius 1 is 1.20 bits per heavy atom. The number of halogens is 3. The van der Waals surface area contributed by atoms with Crippen molar-refractivity contribution in [2.45, 2.75) is 20.0 Å². The second kappa shape index (κ2) is 7.88. The smallest absolute Gasteiger partial charge is 0.416 e. The molecule has 0 aliphatic carbocycles. The summed E-state index contributed by atoms with van der Waals surface area (Å²) in [5.41, 5.74) is 0.0656. The second-order valence-electron chi connectivity index (χ2n) is 5.35. The first-order valence-corrected chi connectivity index (χ1v) is 8.25. The van der Waals surface area contributed by atoms with Gasteiger partial charge < -0.3 is 14.8 Å². The Kier molecular flexibility index (Phi) is 6.07. The van der Waals surface area contributed by atoms with E-state index in [4.69, 9.17) is 9.47 Å². The Balaban J connectivity index is 2.29. The van der Waals surface area contributed by atoms with Crippen molar-refractivity contribution >= 4 is 22.9 Å². The molecule has 0 bridgehead atoms. The summed E-state index contributed by atoms with van der Waals surface area (Å²) in [4.78, 5) is 13.8. The van der Waals surface area contributed by atoms with Gasteiger partial charge >= 0.3 is 6.18 Å². The fraction of sp³-hybridized carbons (Fsp3) is 0.353. The fourth-order valence-electron chi connectivity index (χ4n) is 2.03. The predicted octanol–water partition coefficient (Wildman–Crippen LogP) is 4.66. The molecular weight excluding hydrogens is 355 g/mol. The number of aryl methyl sites for hydroxylation is 2. The van der Waals surface area contributed by atoms with Crippen LogP contribution in [-0.4, -0.2) is 26.2 Å². The number of carbonyl (C=O) groups is 1. The summed E-state index contributed by atoms with van der Waals surface area (Å²) in [5, 5.41) is 2.51. The van der Waals surface area contributed by atoms with Gasteiger partial charge in [0.2, 0.25) is 0 Å². The predicted molar refractivity (Wildman–Crippen MR) is 90.6 cm³/mol. The van der Waals surface area contributed by atoms with Gasteiger partial charge in [-0.2, -0.15) is 13.2 Å². The van der Waals surface area contributed by atoms with Crippen LogP contribution in [0.25, 0.3) is 0 Å². The number of benzene rings is 1. The van der Waals surface area contributed by atoms with E-state index in [1.54, 1.807) is 6.07 Å². The van der Waals surface area contributed by atoms with Crippen molar-refractivity contribution in [1.29, 1.82) is 0 Å². The first kappa shape index (κ1) is 19.3. The highest BCUT2D eigenvalue weighted by Gasteiger charge is 2.31. The molecule has 136 valence electrons. The van der Waals surface area contributed by atoms with Crippen LogP contribution in [0.1, 0.15) is 25.7 Å². The molecule has 8 heteroatoms. The highest BCUT2D eigenvalue weighted by molar-refractivity contribution is 7.14. The lowest BCUT2D eigenvalue weighted by Crippen LogP contribution is -2.14. The van der Waals surface area contributed by atoms with Gasteiger partial charge in [-0.3, -0.25) is 4.79 Å². The zero-order valence-electron chi connectivity index (χ0n) is 14.0. The molecular formula is C17H18F3NO3S. The Bertz CT molecular complexity index is 737. The van der Waals surface area contributed by atoms with Crippen molar-refractivity contribution < 1.29 is 27.4 Å². The van der Waals surface area contributed by atoms with Crippen LogP contribution in [0.2, 0.25) is 0 Å². The lowest BCUT2D eigenvalue weighted by atomic mass is 10.1. The van der Waals surface area contributed by atoms with Gasteiger partial charge in [0.25, 0.3) is 5.91 Å². The molecule has 0 spiro atoms. The van der Waals surface area contributed by atoms with E-state index in [0.717, 1.165) is 22.6 Å². The molecule has 0 unspecified atom stereocenters. The van der Waals surface area contributed by atoms with Crippen LogP contribution in [0.4, 0.5) is 18.9 Å². The second-order valence-corrected chi connectivity index (χ2v) is 6.61. The maximum atomic E-state index is 13.0. The highest BCUT2D eigenvalue weighted by Crippen LogP contribution is 2.35. The maximum absolute atomic E-state index is 13.0. The molecule has 0 saturated carbocycles. The fourth-order valence-corrected chi connectivity index (χ4v) is 2.96. The molecule has 0 fully saturated rings. The molecule has 1 aromatic heterocycles. The van der Waals surface area contributed by atoms with Gasteiger partial charge in [0, 0.05) is 12.0 Å². The van der Waals surface area contributed by atoms with E-state index in [-0.39, 0.29) is 24.7 Å². The maximum Gasteiger partial charge on any atom is 0.416 e. The first-order valence-electron chi connectivity index (χ1n) is 7.43. The molecule has 2 aromatic rings. The number of carbonyl (C=O) groups excluding carboxylic acids is 1. The van der Waals surface area contributed by atoms with E-state index in [0.29, 0.717) is 4.88 Å². The van der Waals surface area contributed by atoms with Crippen LogP contribution in [0.15, 0.2) is 24.3 Å². The standard InChI is InChI=1S/C17H18F3NO3S/c1-10-8-15(25-11(10)2)16(22)21-13-9-12(17(18,19)20)4-5-14(13)24-7-6-23-3/h4-5,8-9H,6-7H2,1-3H3,(H,21,22). The largest absolute Gasteiger partial charge is 0.489 e. The molecule has 0 saturated heterocycles. The molecule has 0 aliphatic rings. The molecule has 0 radical (unpaired) electrons. The number of methoxy groups -OCH3 is 1. The van der Waals surface area contributed by atoms with Gasteiger partial charge in [-0.05, 0) is 43.7 Å². The van der Waals surface area contributed by atoms with Crippen molar-refractivity contribution in [3.63, 3.8) is 0 Å². The van der Waals surface area contributed by atoms with E-state index in [1.165, 1.54) is 24.5 Å². The number of hydrogen-bond acceptors (Lipinski definition) is 4. The Labute approximate surface area is 147 Å². The third-order valence-electron chi connectivity index (χ3n) is 3.49. The van der Waals surface area contributed by atoms with E-state index < -0.39 is 17.6 Å². The van der Waals surface area contributed by atoms with Gasteiger partial charge in [-0.25, -0.2) is 0 Å². The molecule has 1 heterocycles. The normalized spacial score (nSPS) is 11.4. The van der Waals surface area contributed by atoms with Crippen molar-refractivity contribution in [3.8, 4) is 5.75 Å². The lowest BCUT2D eigenvalue weighted by Gasteiger charge is -2.15. The van der Waals surface area contributed by atoms with Crippen molar-refractivity contribution in [1.82, 2.24) is 0 Å². The molecule has 25 heavy (non-hydrogen) atoms. The minimum Gasteiger partial charge on any atom is -0.489 e. The summed E-state index contributed by atoms with van der Waals surface area (Å²) in [6.45, 7) is 4.17. The molecule has 4 nitrogen and oxygen atoms in total. The monoisotopic (exact) mass is 373 g/mol. The van der Waals surface area contributed by atoms with Gasteiger partial charge in [0.05, 0.1) is 22.7 Å². The van der Waals surface area contributed by atoms with Gasteiger partial charge in [-0.15, -0.1) is 11.3 Å². The van der Waals surface area contributed by atoms with E-state index in [2.05, 4.69) is 5.32 Å². The van der Waals surface area contributed by atoms with Gasteiger partial charge in [0.15, 0.2) is 0 Å². The quantitative estimate of drug-likeness (QED) is 0.749. The van der Waals surface area contributed by atoms with Gasteiger partial charge in [0.1, 0.15) is 12.4 Å². The zero-order chi connectivity index (χ0) is 18.6. The molecule has 1 amide bonds. The van der Waals surface area contributed by atoms with Crippen LogP contribution < -0.4 is 10.1 Å². The molecule has 2 rings (SSSR count). The van der Waals surface area contributed by atoms with E-state index in [9.17, 15) is 18.0 Å². The SMILES string of the molecule is COCCOc1ccc(C(F)(F)F)cc1NC(=O)c1cc(C)c(C)s1. The van der Waals surface area contributed by atoms with Crippen LogP contribution in [0.3, 0.4) is 0 Å². The van der Waals surface area contributed by atoms with E-state index in [1.807, 2.05) is 13.8 Å². The zero-order valence-corrected chi connectivity index (χ0v) is 14.8. The van der Waals surface area contributed by atoms with E-state index >= 15 is 0 Å². The molecule has 1 N–H and O–H groups in total. The third-order valence-corrected chi connectivity index (χ3v) is 4.64. The number of anilines is 1. The van der Waals surface area contributed by atoms with Gasteiger partial charge in [-0.1, -0.05) is 0 Å². The summed E-state index contributed by atoms with van der Waals surface area (Å²) in [7, 11) is 1.49. The molecule has 1 aromatic carbocycles. The number of rotatable bonds is 6. The van der Waals surface area contributed by atoms with Crippen molar-refractivity contribution in [2.24, 2.45) is 0 Å². The Morgan fingerprint density at radius 3 is 2.48 bits per heavy atom. The number of hydrogen-bond donors (Lipinski definition) is 1. The van der Waals surface area contributed by atoms with Crippen LogP contribution in [-0.2, 0) is 10.9 Å². The van der Waals surface area contributed by atoms with Crippen molar-refractivity contribution in [2.75, 3.05) is 25.6 Å². The summed E-state index contributed by atoms with van der Waals surface area (Å²) in [5.74, 6) is -0.319. The summed E-state index contributed by atoms with van der Waals surface area (Å²) >= 11 is 1.28. The number of alkyl halides is 3. The average Bonchev–Trinajstić information content (AvgIpc) is 2.87. The van der Waals surface area contributed by atoms with Crippen LogP contribution >= 0.6 is 11.3 Å². The first-order chi connectivity index (χ1) is 11.7. The Hall–Kier alpha value is -2.06. The molecule has 0 atom stereocenters. The average molecular weight is 373 g/mol. The number of thiophene rings is 1. The highest BCUT2D eigenvalue weighted by atomic mass is 32.1. The van der Waals surface area contributed by atoms with Crippen molar-refractivity contribution in [3.05, 3.63) is 45.1 Å². The number of amides is 1. The summed E-state index contributed by atoms with van der Waals surface area (Å²) in [6, 6.07) is 4.68. The number of ether oxygens (including phenoxy) is 2. The lowest BCUT2D eigenvalue weighted by molar-refractivity contribution is -0.137. The minimum atomic E-state index is -4.51. The third kappa shape index (κ3) is 4.96. The van der Waals surface area contributed by atoms with Crippen LogP contribution in [0, 0.1) is 13.8 Å². The topological polar surface area (TPSA) is 47.6 Å². The number of nitrogens with one attached hydrogen (secondary N) is 1.